The normalized spacial score (nSPS) is 11.4. The van der Waals surface area contributed by atoms with E-state index in [0.29, 0.717) is 30.6 Å². The number of nitrogens with one attached hydrogen (secondary N) is 2. The number of anilines is 1. The fraction of sp³-hybridized carbons (Fsp3) is 0.286. The number of aliphatic hydroxyl groups excluding tert-OH is 1. The number of hydrogen-bond donors (Lipinski definition) is 3. The van der Waals surface area contributed by atoms with Crippen LogP contribution in [-0.4, -0.2) is 43.2 Å². The Labute approximate surface area is 163 Å². The number of methoxy groups -OCH3 is 1. The highest BCUT2D eigenvalue weighted by Gasteiger charge is 2.16. The summed E-state index contributed by atoms with van der Waals surface area (Å²) in [5.74, 6) is -1.91. The molecule has 0 aromatic heterocycles. The highest BCUT2D eigenvalue weighted by Crippen LogP contribution is 2.22. The highest BCUT2D eigenvalue weighted by molar-refractivity contribution is 6.39. The molecule has 7 nitrogen and oxygen atoms in total. The first-order valence-corrected chi connectivity index (χ1v) is 8.98. The molecule has 3 N–H and O–H groups in total. The molecule has 7 heteroatoms. The first kappa shape index (κ1) is 21.1. The van der Waals surface area contributed by atoms with E-state index in [-0.39, 0.29) is 12.5 Å². The second-order valence-corrected chi connectivity index (χ2v) is 6.19. The van der Waals surface area contributed by atoms with Crippen LogP contribution in [0.4, 0.5) is 5.69 Å². The Bertz CT molecular complexity index is 790. The van der Waals surface area contributed by atoms with Gasteiger partial charge in [0.05, 0.1) is 12.7 Å². The zero-order valence-corrected chi connectivity index (χ0v) is 15.7. The Hall–Kier alpha value is -3.19. The molecule has 0 aliphatic carbocycles. The maximum Gasteiger partial charge on any atom is 0.337 e. The molecule has 0 saturated carbocycles. The number of carbonyl (C=O) groups excluding carboxylic acids is 3. The molecule has 28 heavy (non-hydrogen) atoms. The van der Waals surface area contributed by atoms with Gasteiger partial charge in [-0.1, -0.05) is 30.3 Å². The van der Waals surface area contributed by atoms with Gasteiger partial charge in [0.15, 0.2) is 0 Å². The predicted octanol–water partition coefficient (Wildman–Crippen LogP) is 2.08. The molecule has 2 rings (SSSR count). The van der Waals surface area contributed by atoms with Gasteiger partial charge in [0.2, 0.25) is 0 Å². The summed E-state index contributed by atoms with van der Waals surface area (Å²) in [5.41, 5.74) is 1.83. The lowest BCUT2D eigenvalue weighted by Gasteiger charge is -2.16. The maximum absolute atomic E-state index is 12.0. The topological polar surface area (TPSA) is 105 Å². The molecule has 0 saturated heterocycles. The summed E-state index contributed by atoms with van der Waals surface area (Å²) in [4.78, 5) is 35.4. The van der Waals surface area contributed by atoms with Gasteiger partial charge in [0.1, 0.15) is 0 Å². The van der Waals surface area contributed by atoms with Crippen molar-refractivity contribution in [2.24, 2.45) is 0 Å². The van der Waals surface area contributed by atoms with Crippen molar-refractivity contribution in [2.75, 3.05) is 25.6 Å². The molecule has 148 valence electrons. The average Bonchev–Trinajstić information content (AvgIpc) is 2.73. The number of carbonyl (C=O) groups is 3. The third kappa shape index (κ3) is 6.21. The molecule has 0 bridgehead atoms. The Kier molecular flexibility index (Phi) is 8.17. The van der Waals surface area contributed by atoms with Gasteiger partial charge < -0.3 is 20.5 Å². The number of rotatable bonds is 8. The van der Waals surface area contributed by atoms with Crippen molar-refractivity contribution < 1.29 is 24.2 Å². The van der Waals surface area contributed by atoms with Gasteiger partial charge in [-0.25, -0.2) is 4.79 Å². The molecule has 1 atom stereocenters. The van der Waals surface area contributed by atoms with Crippen molar-refractivity contribution in [3.63, 3.8) is 0 Å². The lowest BCUT2D eigenvalue weighted by Crippen LogP contribution is -2.36. The molecule has 2 aromatic carbocycles. The summed E-state index contributed by atoms with van der Waals surface area (Å²) in [7, 11) is 1.28. The molecule has 2 amide bonds. The van der Waals surface area contributed by atoms with Gasteiger partial charge in [0.25, 0.3) is 0 Å². The monoisotopic (exact) mass is 384 g/mol. The number of benzene rings is 2. The third-order valence-corrected chi connectivity index (χ3v) is 4.30. The number of hydrogen-bond acceptors (Lipinski definition) is 5. The van der Waals surface area contributed by atoms with E-state index in [1.807, 2.05) is 30.3 Å². The molecule has 0 aliphatic heterocycles. The Morgan fingerprint density at radius 2 is 1.64 bits per heavy atom. The van der Waals surface area contributed by atoms with Gasteiger partial charge in [0, 0.05) is 18.8 Å². The van der Waals surface area contributed by atoms with Crippen molar-refractivity contribution in [1.29, 1.82) is 0 Å². The first-order chi connectivity index (χ1) is 13.5. The van der Waals surface area contributed by atoms with Crippen LogP contribution in [0.25, 0.3) is 0 Å². The van der Waals surface area contributed by atoms with Gasteiger partial charge in [-0.2, -0.15) is 0 Å². The first-order valence-electron chi connectivity index (χ1n) is 8.98. The largest absolute Gasteiger partial charge is 0.465 e. The van der Waals surface area contributed by atoms with Crippen molar-refractivity contribution >= 4 is 23.5 Å². The van der Waals surface area contributed by atoms with E-state index in [2.05, 4.69) is 15.4 Å². The molecule has 0 spiro atoms. The fourth-order valence-electron chi connectivity index (χ4n) is 2.79. The summed E-state index contributed by atoms with van der Waals surface area (Å²) in [6.07, 6.45) is 1.19. The zero-order chi connectivity index (χ0) is 20.4. The molecule has 0 heterocycles. The lowest BCUT2D eigenvalue weighted by molar-refractivity contribution is -0.136. The molecule has 2 aromatic rings. The van der Waals surface area contributed by atoms with Crippen LogP contribution in [0.5, 0.6) is 0 Å². The summed E-state index contributed by atoms with van der Waals surface area (Å²) in [6.45, 7) is 0.364. The fourth-order valence-corrected chi connectivity index (χ4v) is 2.79. The van der Waals surface area contributed by atoms with Crippen LogP contribution in [0.1, 0.15) is 34.7 Å². The van der Waals surface area contributed by atoms with Crippen molar-refractivity contribution in [3.05, 3.63) is 65.7 Å². The summed E-state index contributed by atoms with van der Waals surface area (Å²) >= 11 is 0. The van der Waals surface area contributed by atoms with Crippen molar-refractivity contribution in [1.82, 2.24) is 5.32 Å². The van der Waals surface area contributed by atoms with E-state index in [9.17, 15) is 19.5 Å². The highest BCUT2D eigenvalue weighted by atomic mass is 16.5. The van der Waals surface area contributed by atoms with Gasteiger partial charge in [-0.15, -0.1) is 0 Å². The Morgan fingerprint density at radius 1 is 0.964 bits per heavy atom. The summed E-state index contributed by atoms with van der Waals surface area (Å²) in [6, 6.07) is 15.8. The molecule has 1 unspecified atom stereocenters. The standard InChI is InChI=1S/C21H24N2O5/c1-28-21(27)17-7-9-18(10-8-17)23-20(26)19(25)22-13-11-16(12-14-24)15-5-3-2-4-6-15/h2-10,16,24H,11-14H2,1H3,(H,22,25)(H,23,26). The quantitative estimate of drug-likeness (QED) is 0.477. The lowest BCUT2D eigenvalue weighted by atomic mass is 9.93. The van der Waals surface area contributed by atoms with Crippen molar-refractivity contribution in [2.45, 2.75) is 18.8 Å². The van der Waals surface area contributed by atoms with Crippen LogP contribution in [0.2, 0.25) is 0 Å². The van der Waals surface area contributed by atoms with Gasteiger partial charge in [-0.05, 0) is 48.6 Å². The van der Waals surface area contributed by atoms with E-state index in [1.165, 1.54) is 31.4 Å². The zero-order valence-electron chi connectivity index (χ0n) is 15.7. The Morgan fingerprint density at radius 3 is 2.25 bits per heavy atom. The Balaban J connectivity index is 1.83. The number of amides is 2. The van der Waals surface area contributed by atoms with Crippen LogP contribution in [0, 0.1) is 0 Å². The van der Waals surface area contributed by atoms with E-state index in [0.717, 1.165) is 5.56 Å². The minimum atomic E-state index is -0.788. The summed E-state index contributed by atoms with van der Waals surface area (Å²) in [5, 5.41) is 14.3. The SMILES string of the molecule is COC(=O)c1ccc(NC(=O)C(=O)NCCC(CCO)c2ccccc2)cc1. The number of aliphatic hydroxyl groups is 1. The molecule has 0 aliphatic rings. The third-order valence-electron chi connectivity index (χ3n) is 4.30. The average molecular weight is 384 g/mol. The molecular weight excluding hydrogens is 360 g/mol. The van der Waals surface area contributed by atoms with Crippen LogP contribution < -0.4 is 10.6 Å². The van der Waals surface area contributed by atoms with Gasteiger partial charge >= 0.3 is 17.8 Å². The smallest absolute Gasteiger partial charge is 0.337 e. The summed E-state index contributed by atoms with van der Waals surface area (Å²) < 4.78 is 4.60. The van der Waals surface area contributed by atoms with Crippen LogP contribution >= 0.6 is 0 Å². The molecule has 0 radical (unpaired) electrons. The number of ether oxygens (including phenoxy) is 1. The van der Waals surface area contributed by atoms with E-state index < -0.39 is 17.8 Å². The number of esters is 1. The minimum Gasteiger partial charge on any atom is -0.465 e. The van der Waals surface area contributed by atoms with Crippen LogP contribution in [-0.2, 0) is 14.3 Å². The van der Waals surface area contributed by atoms with E-state index in [4.69, 9.17) is 0 Å². The van der Waals surface area contributed by atoms with Crippen LogP contribution in [0.15, 0.2) is 54.6 Å². The maximum atomic E-state index is 12.0. The molecular formula is C21H24N2O5. The van der Waals surface area contributed by atoms with E-state index in [1.54, 1.807) is 0 Å². The second kappa shape index (κ2) is 10.8. The van der Waals surface area contributed by atoms with Crippen molar-refractivity contribution in [3.8, 4) is 0 Å². The minimum absolute atomic E-state index is 0.0512. The van der Waals surface area contributed by atoms with Gasteiger partial charge in [-0.3, -0.25) is 9.59 Å². The predicted molar refractivity (Wildman–Crippen MR) is 105 cm³/mol. The van der Waals surface area contributed by atoms with E-state index >= 15 is 0 Å². The second-order valence-electron chi connectivity index (χ2n) is 6.19. The van der Waals surface area contributed by atoms with Crippen LogP contribution in [0.3, 0.4) is 0 Å². The molecule has 0 fully saturated rings.